The van der Waals surface area contributed by atoms with E-state index in [0.29, 0.717) is 42.8 Å². The van der Waals surface area contributed by atoms with E-state index >= 15 is 0 Å². The molecule has 3 amide bonds. The molecule has 5 rings (SSSR count). The van der Waals surface area contributed by atoms with Crippen molar-refractivity contribution in [1.29, 1.82) is 0 Å². The highest BCUT2D eigenvalue weighted by Crippen LogP contribution is 2.44. The molecule has 8 heteroatoms. The van der Waals surface area contributed by atoms with Gasteiger partial charge in [-0.2, -0.15) is 0 Å². The summed E-state index contributed by atoms with van der Waals surface area (Å²) in [6.07, 6.45) is 2.76. The van der Waals surface area contributed by atoms with Crippen LogP contribution in [0.3, 0.4) is 0 Å². The largest absolute Gasteiger partial charge is 0.376 e. The minimum Gasteiger partial charge on any atom is -0.376 e. The van der Waals surface area contributed by atoms with Crippen molar-refractivity contribution in [2.24, 2.45) is 0 Å². The molecule has 2 saturated heterocycles. The first kappa shape index (κ1) is 23.5. The molecule has 184 valence electrons. The minimum absolute atomic E-state index is 0.0186. The number of nitrogens with zero attached hydrogens (tertiary/aromatic N) is 3. The van der Waals surface area contributed by atoms with Crippen molar-refractivity contribution in [2.75, 3.05) is 24.6 Å². The molecule has 2 fully saturated rings. The molecule has 0 N–H and O–H groups in total. The molecule has 35 heavy (non-hydrogen) atoms. The first-order valence-corrected chi connectivity index (χ1v) is 12.2. The van der Waals surface area contributed by atoms with Crippen molar-refractivity contribution < 1.29 is 23.5 Å². The standard InChI is InChI=1S/C27H30FN3O4/c1-27-13-11-25(33)31(27)23-10-3-2-9-22(23)26(34)30(27)14-12-24(32)29(18-21-8-5-15-35-21)17-19-6-4-7-20(28)16-19/h2-4,6-7,9-10,16,21H,5,8,11-15,17-18H2,1H3. The molecule has 3 aliphatic heterocycles. The number of anilines is 1. The first-order valence-electron chi connectivity index (χ1n) is 12.2. The molecule has 3 aliphatic rings. The quantitative estimate of drug-likeness (QED) is 0.607. The molecule has 3 heterocycles. The highest BCUT2D eigenvalue weighted by atomic mass is 19.1. The highest BCUT2D eigenvalue weighted by molar-refractivity contribution is 6.10. The molecule has 0 spiro atoms. The van der Waals surface area contributed by atoms with Gasteiger partial charge >= 0.3 is 0 Å². The average molecular weight is 480 g/mol. The van der Waals surface area contributed by atoms with Gasteiger partial charge in [0, 0.05) is 39.1 Å². The van der Waals surface area contributed by atoms with Gasteiger partial charge in [0.15, 0.2) is 0 Å². The van der Waals surface area contributed by atoms with Crippen LogP contribution in [0.5, 0.6) is 0 Å². The summed E-state index contributed by atoms with van der Waals surface area (Å²) in [6.45, 7) is 3.46. The van der Waals surface area contributed by atoms with E-state index in [1.807, 2.05) is 13.0 Å². The smallest absolute Gasteiger partial charge is 0.257 e. The number of carbonyl (C=O) groups is 3. The lowest BCUT2D eigenvalue weighted by molar-refractivity contribution is -0.133. The number of benzene rings is 2. The van der Waals surface area contributed by atoms with Crippen molar-refractivity contribution in [1.82, 2.24) is 9.80 Å². The summed E-state index contributed by atoms with van der Waals surface area (Å²) >= 11 is 0. The van der Waals surface area contributed by atoms with Crippen LogP contribution in [-0.2, 0) is 20.9 Å². The number of amides is 3. The summed E-state index contributed by atoms with van der Waals surface area (Å²) in [5.41, 5.74) is 1.02. The third-order valence-electron chi connectivity index (χ3n) is 7.36. The van der Waals surface area contributed by atoms with Gasteiger partial charge in [-0.3, -0.25) is 19.3 Å². The van der Waals surface area contributed by atoms with E-state index in [0.717, 1.165) is 12.8 Å². The number of fused-ring (bicyclic) bond motifs is 3. The second kappa shape index (κ2) is 9.41. The second-order valence-electron chi connectivity index (χ2n) is 9.71. The van der Waals surface area contributed by atoms with E-state index in [1.165, 1.54) is 12.1 Å². The minimum atomic E-state index is -0.801. The molecule has 0 aromatic heterocycles. The zero-order chi connectivity index (χ0) is 24.6. The number of hydrogen-bond acceptors (Lipinski definition) is 4. The molecule has 2 aromatic rings. The first-order chi connectivity index (χ1) is 16.9. The Balaban J connectivity index is 1.35. The van der Waals surface area contributed by atoms with E-state index < -0.39 is 5.66 Å². The number of para-hydroxylation sites is 1. The van der Waals surface area contributed by atoms with Gasteiger partial charge in [-0.1, -0.05) is 24.3 Å². The van der Waals surface area contributed by atoms with Crippen LogP contribution in [0.2, 0.25) is 0 Å². The van der Waals surface area contributed by atoms with Gasteiger partial charge in [0.25, 0.3) is 5.91 Å². The summed E-state index contributed by atoms with van der Waals surface area (Å²) in [5.74, 6) is -0.660. The maximum atomic E-state index is 13.8. The van der Waals surface area contributed by atoms with Crippen LogP contribution in [0.15, 0.2) is 48.5 Å². The van der Waals surface area contributed by atoms with Crippen molar-refractivity contribution in [2.45, 2.75) is 57.3 Å². The highest BCUT2D eigenvalue weighted by Gasteiger charge is 2.52. The molecule has 0 bridgehead atoms. The van der Waals surface area contributed by atoms with Crippen LogP contribution in [0, 0.1) is 5.82 Å². The molecule has 2 atom stereocenters. The maximum Gasteiger partial charge on any atom is 0.257 e. The van der Waals surface area contributed by atoms with Gasteiger partial charge < -0.3 is 14.5 Å². The topological polar surface area (TPSA) is 70.2 Å². The normalized spacial score (nSPS) is 23.4. The maximum absolute atomic E-state index is 13.8. The molecule has 7 nitrogen and oxygen atoms in total. The number of rotatable bonds is 7. The van der Waals surface area contributed by atoms with Crippen molar-refractivity contribution >= 4 is 23.4 Å². The Morgan fingerprint density at radius 1 is 1.20 bits per heavy atom. The number of hydrogen-bond donors (Lipinski definition) is 0. The lowest BCUT2D eigenvalue weighted by Crippen LogP contribution is -2.62. The van der Waals surface area contributed by atoms with Crippen molar-refractivity contribution in [3.05, 3.63) is 65.5 Å². The summed E-state index contributed by atoms with van der Waals surface area (Å²) in [6, 6.07) is 13.4. The third-order valence-corrected chi connectivity index (χ3v) is 7.36. The Hall–Kier alpha value is -3.26. The van der Waals surface area contributed by atoms with Crippen LogP contribution in [0.25, 0.3) is 0 Å². The van der Waals surface area contributed by atoms with E-state index in [2.05, 4.69) is 0 Å². The van der Waals surface area contributed by atoms with Crippen molar-refractivity contribution in [3.8, 4) is 0 Å². The van der Waals surface area contributed by atoms with Gasteiger partial charge in [0.2, 0.25) is 11.8 Å². The van der Waals surface area contributed by atoms with Gasteiger partial charge in [0.1, 0.15) is 11.5 Å². The molecule has 0 saturated carbocycles. The third kappa shape index (κ3) is 4.43. The number of carbonyl (C=O) groups excluding carboxylic acids is 3. The van der Waals surface area contributed by atoms with Crippen LogP contribution >= 0.6 is 0 Å². The van der Waals surface area contributed by atoms with Gasteiger partial charge in [-0.15, -0.1) is 0 Å². The summed E-state index contributed by atoms with van der Waals surface area (Å²) in [4.78, 5) is 44.7. The van der Waals surface area contributed by atoms with Crippen LogP contribution in [0.1, 0.15) is 54.9 Å². The Bertz CT molecular complexity index is 1150. The number of halogens is 1. The Morgan fingerprint density at radius 2 is 2.03 bits per heavy atom. The van der Waals surface area contributed by atoms with E-state index in [1.54, 1.807) is 45.0 Å². The van der Waals surface area contributed by atoms with Crippen LogP contribution < -0.4 is 4.90 Å². The fraction of sp³-hybridized carbons (Fsp3) is 0.444. The van der Waals surface area contributed by atoms with Gasteiger partial charge in [-0.05, 0) is 56.0 Å². The SMILES string of the molecule is CC12CCC(=O)N1c1ccccc1C(=O)N2CCC(=O)N(Cc1cccc(F)c1)CC1CCCO1. The summed E-state index contributed by atoms with van der Waals surface area (Å²) in [7, 11) is 0. The van der Waals surface area contributed by atoms with E-state index in [9.17, 15) is 18.8 Å². The molecular weight excluding hydrogens is 449 g/mol. The fourth-order valence-electron chi connectivity index (χ4n) is 5.55. The van der Waals surface area contributed by atoms with Gasteiger partial charge in [-0.25, -0.2) is 4.39 Å². The lowest BCUT2D eigenvalue weighted by Gasteiger charge is -2.48. The summed E-state index contributed by atoms with van der Waals surface area (Å²) < 4.78 is 19.5. The van der Waals surface area contributed by atoms with E-state index in [4.69, 9.17) is 4.74 Å². The Labute approximate surface area is 204 Å². The zero-order valence-electron chi connectivity index (χ0n) is 19.9. The predicted octanol–water partition coefficient (Wildman–Crippen LogP) is 3.72. The fourth-order valence-corrected chi connectivity index (χ4v) is 5.55. The second-order valence-corrected chi connectivity index (χ2v) is 9.71. The zero-order valence-corrected chi connectivity index (χ0v) is 19.9. The van der Waals surface area contributed by atoms with Crippen LogP contribution in [-0.4, -0.2) is 59.0 Å². The van der Waals surface area contributed by atoms with E-state index in [-0.39, 0.29) is 49.2 Å². The van der Waals surface area contributed by atoms with Crippen molar-refractivity contribution in [3.63, 3.8) is 0 Å². The molecule has 2 aromatic carbocycles. The average Bonchev–Trinajstić information content (AvgIpc) is 3.46. The summed E-state index contributed by atoms with van der Waals surface area (Å²) in [5, 5.41) is 0. The molecular formula is C27H30FN3O4. The predicted molar refractivity (Wildman–Crippen MR) is 128 cm³/mol. The molecule has 0 aliphatic carbocycles. The van der Waals surface area contributed by atoms with Crippen LogP contribution in [0.4, 0.5) is 10.1 Å². The Morgan fingerprint density at radius 3 is 2.80 bits per heavy atom. The molecule has 2 unspecified atom stereocenters. The Kier molecular flexibility index (Phi) is 6.32. The monoisotopic (exact) mass is 479 g/mol. The molecule has 0 radical (unpaired) electrons. The number of ether oxygens (including phenoxy) is 1. The van der Waals surface area contributed by atoms with Gasteiger partial charge in [0.05, 0.1) is 17.4 Å². The lowest BCUT2D eigenvalue weighted by atomic mass is 9.98.